The zero-order chi connectivity index (χ0) is 22.7. The number of carbonyl (C=O) groups excluding carboxylic acids is 1. The predicted molar refractivity (Wildman–Crippen MR) is 130 cm³/mol. The smallest absolute Gasteiger partial charge is 0.231 e. The monoisotopic (exact) mass is 477 g/mol. The lowest BCUT2D eigenvalue weighted by molar-refractivity contribution is -0.117. The lowest BCUT2D eigenvalue weighted by atomic mass is 10.1. The van der Waals surface area contributed by atoms with Crippen molar-refractivity contribution in [2.24, 2.45) is 0 Å². The molecule has 32 heavy (non-hydrogen) atoms. The van der Waals surface area contributed by atoms with E-state index in [1.54, 1.807) is 14.2 Å². The molecule has 0 unspecified atom stereocenters. The van der Waals surface area contributed by atoms with Crippen LogP contribution in [0.15, 0.2) is 30.3 Å². The molecule has 2 heterocycles. The molecule has 1 amide bonds. The van der Waals surface area contributed by atoms with E-state index < -0.39 is 0 Å². The van der Waals surface area contributed by atoms with Crippen molar-refractivity contribution in [3.63, 3.8) is 0 Å². The minimum Gasteiger partial charge on any atom is -0.493 e. The molecule has 1 fully saturated rings. The molecule has 2 aromatic carbocycles. The van der Waals surface area contributed by atoms with Gasteiger partial charge in [-0.2, -0.15) is 0 Å². The normalized spacial score (nSPS) is 16.4. The molecule has 6 nitrogen and oxygen atoms in total. The minimum atomic E-state index is 0.141. The Balaban J connectivity index is 1.25. The number of methoxy groups -OCH3 is 2. The van der Waals surface area contributed by atoms with Crippen LogP contribution in [-0.2, 0) is 11.2 Å². The number of benzene rings is 2. The third-order valence-electron chi connectivity index (χ3n) is 6.27. The van der Waals surface area contributed by atoms with Crippen LogP contribution in [0.1, 0.15) is 18.4 Å². The summed E-state index contributed by atoms with van der Waals surface area (Å²) in [6.07, 6.45) is 2.42. The van der Waals surface area contributed by atoms with E-state index in [0.29, 0.717) is 28.0 Å². The number of hydrogen-bond acceptors (Lipinski definition) is 5. The number of carbonyl (C=O) groups is 1. The predicted octanol–water partition coefficient (Wildman–Crippen LogP) is 4.50. The van der Waals surface area contributed by atoms with Crippen LogP contribution in [-0.4, -0.2) is 64.3 Å². The highest BCUT2D eigenvalue weighted by molar-refractivity contribution is 6.43. The minimum absolute atomic E-state index is 0.141. The number of amides is 1. The highest BCUT2D eigenvalue weighted by Crippen LogP contribution is 2.39. The lowest BCUT2D eigenvalue weighted by Gasteiger charge is -2.36. The topological polar surface area (TPSA) is 45.3 Å². The number of piperazine rings is 1. The van der Waals surface area contributed by atoms with Gasteiger partial charge in [0.2, 0.25) is 5.91 Å². The van der Waals surface area contributed by atoms with Crippen LogP contribution in [0.2, 0.25) is 10.0 Å². The van der Waals surface area contributed by atoms with Crippen molar-refractivity contribution in [1.82, 2.24) is 4.90 Å². The van der Waals surface area contributed by atoms with Crippen LogP contribution in [0.4, 0.5) is 11.4 Å². The number of nitrogens with zero attached hydrogens (tertiary/aromatic N) is 3. The number of unbranched alkanes of at least 4 members (excludes halogenated alkanes) is 1. The average Bonchev–Trinajstić information content (AvgIpc) is 3.11. The molecule has 172 valence electrons. The van der Waals surface area contributed by atoms with Crippen molar-refractivity contribution in [2.75, 3.05) is 63.3 Å². The van der Waals surface area contributed by atoms with Crippen LogP contribution in [0, 0.1) is 0 Å². The summed E-state index contributed by atoms with van der Waals surface area (Å²) >= 11 is 12.5. The van der Waals surface area contributed by atoms with E-state index in [1.165, 1.54) is 0 Å². The van der Waals surface area contributed by atoms with E-state index in [0.717, 1.165) is 69.0 Å². The van der Waals surface area contributed by atoms with Gasteiger partial charge >= 0.3 is 0 Å². The molecule has 4 rings (SSSR count). The maximum absolute atomic E-state index is 12.6. The fraction of sp³-hybridized carbons (Fsp3) is 0.458. The van der Waals surface area contributed by atoms with Crippen LogP contribution >= 0.6 is 23.2 Å². The Morgan fingerprint density at radius 2 is 1.59 bits per heavy atom. The molecule has 0 radical (unpaired) electrons. The molecule has 2 aromatic rings. The Morgan fingerprint density at radius 1 is 0.906 bits per heavy atom. The maximum atomic E-state index is 12.6. The third kappa shape index (κ3) is 4.77. The maximum Gasteiger partial charge on any atom is 0.231 e. The van der Waals surface area contributed by atoms with Gasteiger partial charge in [0.05, 0.1) is 42.1 Å². The molecule has 0 atom stereocenters. The molecule has 0 aromatic heterocycles. The second-order valence-corrected chi connectivity index (χ2v) is 8.95. The van der Waals surface area contributed by atoms with Crippen molar-refractivity contribution in [2.45, 2.75) is 19.3 Å². The summed E-state index contributed by atoms with van der Waals surface area (Å²) in [7, 11) is 3.23. The van der Waals surface area contributed by atoms with Gasteiger partial charge < -0.3 is 19.3 Å². The second kappa shape index (κ2) is 10.2. The number of anilines is 2. The Morgan fingerprint density at radius 3 is 2.31 bits per heavy atom. The summed E-state index contributed by atoms with van der Waals surface area (Å²) in [5, 5.41) is 1.23. The van der Waals surface area contributed by atoms with Gasteiger partial charge in [-0.1, -0.05) is 29.3 Å². The standard InChI is InChI=1S/C24H29Cl2N3O3/c1-31-21-14-17-15-23(30)29(20(17)16-22(21)32-2)9-4-3-8-27-10-12-28(13-11-27)19-7-5-6-18(25)24(19)26/h5-7,14,16H,3-4,8-13,15H2,1-2H3. The first-order valence-electron chi connectivity index (χ1n) is 11.0. The van der Waals surface area contributed by atoms with E-state index in [2.05, 4.69) is 9.80 Å². The Hall–Kier alpha value is -2.15. The number of hydrogen-bond donors (Lipinski definition) is 0. The molecule has 2 aliphatic heterocycles. The summed E-state index contributed by atoms with van der Waals surface area (Å²) in [5.41, 5.74) is 2.96. The van der Waals surface area contributed by atoms with Crippen LogP contribution in [0.25, 0.3) is 0 Å². The highest BCUT2D eigenvalue weighted by atomic mass is 35.5. The van der Waals surface area contributed by atoms with Gasteiger partial charge in [-0.3, -0.25) is 9.69 Å². The van der Waals surface area contributed by atoms with Gasteiger partial charge in [-0.25, -0.2) is 0 Å². The Labute approximate surface area is 199 Å². The van der Waals surface area contributed by atoms with Gasteiger partial charge in [0, 0.05) is 38.8 Å². The van der Waals surface area contributed by atoms with Gasteiger partial charge in [0.15, 0.2) is 11.5 Å². The van der Waals surface area contributed by atoms with Crippen molar-refractivity contribution in [1.29, 1.82) is 0 Å². The largest absolute Gasteiger partial charge is 0.493 e. The van der Waals surface area contributed by atoms with Crippen molar-refractivity contribution < 1.29 is 14.3 Å². The van der Waals surface area contributed by atoms with Crippen LogP contribution in [0.3, 0.4) is 0 Å². The zero-order valence-electron chi connectivity index (χ0n) is 18.6. The van der Waals surface area contributed by atoms with E-state index in [9.17, 15) is 4.79 Å². The first-order chi connectivity index (χ1) is 15.5. The molecule has 0 aliphatic carbocycles. The molecular formula is C24H29Cl2N3O3. The highest BCUT2D eigenvalue weighted by Gasteiger charge is 2.29. The van der Waals surface area contributed by atoms with Crippen molar-refractivity contribution in [3.8, 4) is 11.5 Å². The third-order valence-corrected chi connectivity index (χ3v) is 7.08. The van der Waals surface area contributed by atoms with Crippen LogP contribution in [0.5, 0.6) is 11.5 Å². The molecule has 0 saturated carbocycles. The first kappa shape index (κ1) is 23.0. The molecule has 0 spiro atoms. The van der Waals surface area contributed by atoms with Crippen molar-refractivity contribution in [3.05, 3.63) is 45.9 Å². The zero-order valence-corrected chi connectivity index (χ0v) is 20.1. The van der Waals surface area contributed by atoms with E-state index in [4.69, 9.17) is 32.7 Å². The number of fused-ring (bicyclic) bond motifs is 1. The average molecular weight is 478 g/mol. The fourth-order valence-electron chi connectivity index (χ4n) is 4.50. The number of rotatable bonds is 8. The quantitative estimate of drug-likeness (QED) is 0.523. The fourth-order valence-corrected chi connectivity index (χ4v) is 4.91. The number of halogens is 2. The lowest BCUT2D eigenvalue weighted by Crippen LogP contribution is -2.46. The van der Waals surface area contributed by atoms with E-state index >= 15 is 0 Å². The van der Waals surface area contributed by atoms with Gasteiger partial charge in [0.1, 0.15) is 0 Å². The SMILES string of the molecule is COc1cc2c(cc1OC)N(CCCCN1CCN(c3cccc(Cl)c3Cl)CC1)C(=O)C2. The summed E-state index contributed by atoms with van der Waals surface area (Å²) in [6, 6.07) is 9.62. The Bertz CT molecular complexity index is 977. The van der Waals surface area contributed by atoms with Gasteiger partial charge in [-0.15, -0.1) is 0 Å². The molecule has 0 bridgehead atoms. The summed E-state index contributed by atoms with van der Waals surface area (Å²) in [4.78, 5) is 19.2. The second-order valence-electron chi connectivity index (χ2n) is 8.17. The summed E-state index contributed by atoms with van der Waals surface area (Å²) in [5.74, 6) is 1.46. The summed E-state index contributed by atoms with van der Waals surface area (Å²) < 4.78 is 10.8. The molecule has 0 N–H and O–H groups in total. The molecular weight excluding hydrogens is 449 g/mol. The van der Waals surface area contributed by atoms with Gasteiger partial charge in [-0.05, 0) is 43.1 Å². The number of ether oxygens (including phenoxy) is 2. The molecule has 1 saturated heterocycles. The molecule has 2 aliphatic rings. The summed E-state index contributed by atoms with van der Waals surface area (Å²) in [6.45, 7) is 5.59. The van der Waals surface area contributed by atoms with Crippen molar-refractivity contribution >= 4 is 40.5 Å². The Kier molecular flexibility index (Phi) is 7.33. The first-order valence-corrected chi connectivity index (χ1v) is 11.7. The molecule has 8 heteroatoms. The van der Waals surface area contributed by atoms with E-state index in [-0.39, 0.29) is 5.91 Å². The van der Waals surface area contributed by atoms with Gasteiger partial charge in [0.25, 0.3) is 0 Å². The van der Waals surface area contributed by atoms with Crippen LogP contribution < -0.4 is 19.3 Å². The van der Waals surface area contributed by atoms with E-state index in [1.807, 2.05) is 35.2 Å².